The van der Waals surface area contributed by atoms with E-state index in [1.54, 1.807) is 7.11 Å². The molecule has 0 aromatic heterocycles. The monoisotopic (exact) mass is 184 g/mol. The van der Waals surface area contributed by atoms with E-state index in [-0.39, 0.29) is 0 Å². The first-order valence-corrected chi connectivity index (χ1v) is 5.46. The van der Waals surface area contributed by atoms with Gasteiger partial charge in [-0.2, -0.15) is 0 Å². The van der Waals surface area contributed by atoms with Crippen molar-refractivity contribution < 1.29 is 9.63 Å². The Hall–Kier alpha value is -0.430. The molecule has 1 atom stereocenters. The zero-order valence-corrected chi connectivity index (χ0v) is 8.00. The van der Waals surface area contributed by atoms with Gasteiger partial charge < -0.3 is 9.63 Å². The second-order valence-electron chi connectivity index (χ2n) is 2.57. The van der Waals surface area contributed by atoms with Crippen LogP contribution in [0.1, 0.15) is 5.56 Å². The van der Waals surface area contributed by atoms with E-state index in [1.807, 2.05) is 30.3 Å². The summed E-state index contributed by atoms with van der Waals surface area (Å²) >= 11 is 0. The summed E-state index contributed by atoms with van der Waals surface area (Å²) in [5.41, 5.74) is 1.17. The van der Waals surface area contributed by atoms with Gasteiger partial charge in [-0.15, -0.1) is 0 Å². The summed E-state index contributed by atoms with van der Waals surface area (Å²) in [5, 5.41) is 0. The Balaban J connectivity index is 2.41. The first-order valence-electron chi connectivity index (χ1n) is 3.79. The number of ether oxygens (including phenoxy) is 1. The van der Waals surface area contributed by atoms with Gasteiger partial charge in [-0.25, -0.2) is 0 Å². The fourth-order valence-corrected chi connectivity index (χ4v) is 2.01. The van der Waals surface area contributed by atoms with Crippen LogP contribution in [0.25, 0.3) is 0 Å². The summed E-state index contributed by atoms with van der Waals surface area (Å²) in [6.07, 6.45) is 1.19. The highest BCUT2D eigenvalue weighted by Crippen LogP contribution is 2.33. The van der Waals surface area contributed by atoms with Crippen molar-refractivity contribution in [3.8, 4) is 0 Å². The normalized spacial score (nSPS) is 12.8. The lowest BCUT2D eigenvalue weighted by molar-refractivity contribution is 0.247. The number of hydrogen-bond donors (Lipinski definition) is 1. The highest BCUT2D eigenvalue weighted by atomic mass is 31.1. The molecular formula is C9H13O2P. The van der Waals surface area contributed by atoms with Crippen LogP contribution in [0.2, 0.25) is 0 Å². The molecule has 0 bridgehead atoms. The zero-order valence-electron chi connectivity index (χ0n) is 7.10. The molecule has 2 nitrogen and oxygen atoms in total. The average molecular weight is 184 g/mol. The first kappa shape index (κ1) is 9.66. The molecule has 0 heterocycles. The molecular weight excluding hydrogens is 171 g/mol. The van der Waals surface area contributed by atoms with Crippen LogP contribution in [0.5, 0.6) is 0 Å². The Morgan fingerprint density at radius 2 is 2.00 bits per heavy atom. The molecule has 0 amide bonds. The number of hydrogen-bond acceptors (Lipinski definition) is 2. The molecule has 1 N–H and O–H groups in total. The van der Waals surface area contributed by atoms with Crippen LogP contribution in [-0.2, 0) is 10.9 Å². The Bertz CT molecular complexity index is 213. The molecule has 12 heavy (non-hydrogen) atoms. The molecule has 0 saturated heterocycles. The Kier molecular flexibility index (Phi) is 4.23. The summed E-state index contributed by atoms with van der Waals surface area (Å²) in [4.78, 5) is 9.44. The molecule has 0 fully saturated rings. The summed E-state index contributed by atoms with van der Waals surface area (Å²) in [6, 6.07) is 9.96. The van der Waals surface area contributed by atoms with Crippen molar-refractivity contribution in [1.29, 1.82) is 0 Å². The van der Waals surface area contributed by atoms with Crippen LogP contribution >= 0.6 is 8.15 Å². The topological polar surface area (TPSA) is 29.5 Å². The Morgan fingerprint density at radius 1 is 1.33 bits per heavy atom. The number of rotatable bonds is 4. The van der Waals surface area contributed by atoms with Crippen molar-refractivity contribution in [3.63, 3.8) is 0 Å². The molecule has 1 aromatic carbocycles. The van der Waals surface area contributed by atoms with Gasteiger partial charge in [0.25, 0.3) is 0 Å². The largest absolute Gasteiger partial charge is 0.378 e. The zero-order chi connectivity index (χ0) is 8.81. The van der Waals surface area contributed by atoms with Crippen molar-refractivity contribution in [2.45, 2.75) is 6.16 Å². The molecule has 0 saturated carbocycles. The maximum atomic E-state index is 9.44. The third kappa shape index (κ3) is 3.31. The molecule has 0 radical (unpaired) electrons. The van der Waals surface area contributed by atoms with Crippen molar-refractivity contribution in [3.05, 3.63) is 35.9 Å². The molecule has 66 valence electrons. The van der Waals surface area contributed by atoms with E-state index in [2.05, 4.69) is 0 Å². The smallest absolute Gasteiger partial charge is 0.0903 e. The lowest BCUT2D eigenvalue weighted by Gasteiger charge is -2.08. The van der Waals surface area contributed by atoms with Crippen molar-refractivity contribution >= 4 is 8.15 Å². The SMILES string of the molecule is COCP(O)Cc1ccccc1. The van der Waals surface area contributed by atoms with E-state index in [4.69, 9.17) is 4.74 Å². The maximum Gasteiger partial charge on any atom is 0.0903 e. The summed E-state index contributed by atoms with van der Waals surface area (Å²) in [6.45, 7) is 0. The van der Waals surface area contributed by atoms with E-state index in [0.29, 0.717) is 6.35 Å². The van der Waals surface area contributed by atoms with Gasteiger partial charge >= 0.3 is 0 Å². The molecule has 0 aliphatic rings. The van der Waals surface area contributed by atoms with E-state index in [1.165, 1.54) is 5.56 Å². The molecule has 0 aliphatic carbocycles. The average Bonchev–Trinajstić information content (AvgIpc) is 2.06. The molecule has 1 unspecified atom stereocenters. The predicted octanol–water partition coefficient (Wildman–Crippen LogP) is 2.18. The Labute approximate surface area is 74.0 Å². The Morgan fingerprint density at radius 3 is 2.58 bits per heavy atom. The standard InChI is InChI=1S/C9H13O2P/c1-11-8-12(10)7-9-5-3-2-4-6-9/h2-6,10H,7-8H2,1H3. The summed E-state index contributed by atoms with van der Waals surface area (Å²) < 4.78 is 4.85. The molecule has 1 aromatic rings. The maximum absolute atomic E-state index is 9.44. The summed E-state index contributed by atoms with van der Waals surface area (Å²) in [5.74, 6) is 0. The minimum atomic E-state index is -0.979. The fraction of sp³-hybridized carbons (Fsp3) is 0.333. The molecule has 0 spiro atoms. The molecule has 3 heteroatoms. The lowest BCUT2D eigenvalue weighted by Crippen LogP contribution is -1.89. The van der Waals surface area contributed by atoms with E-state index in [9.17, 15) is 4.89 Å². The van der Waals surface area contributed by atoms with Gasteiger partial charge in [0, 0.05) is 13.3 Å². The third-order valence-corrected chi connectivity index (χ3v) is 2.77. The van der Waals surface area contributed by atoms with Crippen molar-refractivity contribution in [1.82, 2.24) is 0 Å². The lowest BCUT2D eigenvalue weighted by atomic mass is 10.2. The van der Waals surface area contributed by atoms with Crippen LogP contribution in [0, 0.1) is 0 Å². The van der Waals surface area contributed by atoms with Crippen molar-refractivity contribution in [2.24, 2.45) is 0 Å². The molecule has 1 rings (SSSR count). The van der Waals surface area contributed by atoms with Gasteiger partial charge in [-0.1, -0.05) is 30.3 Å². The van der Waals surface area contributed by atoms with E-state index in [0.717, 1.165) is 6.16 Å². The summed E-state index contributed by atoms with van der Waals surface area (Å²) in [7, 11) is 0.629. The van der Waals surface area contributed by atoms with Crippen LogP contribution in [0.3, 0.4) is 0 Å². The predicted molar refractivity (Wildman–Crippen MR) is 51.2 cm³/mol. The third-order valence-electron chi connectivity index (χ3n) is 1.49. The van der Waals surface area contributed by atoms with E-state index < -0.39 is 8.15 Å². The van der Waals surface area contributed by atoms with Crippen LogP contribution in [0.15, 0.2) is 30.3 Å². The van der Waals surface area contributed by atoms with Gasteiger partial charge in [-0.3, -0.25) is 0 Å². The second kappa shape index (κ2) is 5.26. The minimum Gasteiger partial charge on any atom is -0.378 e. The van der Waals surface area contributed by atoms with Crippen LogP contribution in [-0.4, -0.2) is 18.4 Å². The first-order chi connectivity index (χ1) is 5.83. The van der Waals surface area contributed by atoms with Gasteiger partial charge in [0.1, 0.15) is 0 Å². The van der Waals surface area contributed by atoms with Gasteiger partial charge in [-0.05, 0) is 5.56 Å². The van der Waals surface area contributed by atoms with Crippen molar-refractivity contribution in [2.75, 3.05) is 13.5 Å². The number of benzene rings is 1. The van der Waals surface area contributed by atoms with Gasteiger partial charge in [0.15, 0.2) is 0 Å². The number of methoxy groups -OCH3 is 1. The molecule has 0 aliphatic heterocycles. The van der Waals surface area contributed by atoms with Gasteiger partial charge in [0.2, 0.25) is 0 Å². The van der Waals surface area contributed by atoms with Crippen LogP contribution < -0.4 is 0 Å². The minimum absolute atomic E-state index is 0.463. The quantitative estimate of drug-likeness (QED) is 0.727. The highest BCUT2D eigenvalue weighted by molar-refractivity contribution is 7.50. The second-order valence-corrected chi connectivity index (χ2v) is 4.16. The van der Waals surface area contributed by atoms with E-state index >= 15 is 0 Å². The highest BCUT2D eigenvalue weighted by Gasteiger charge is 2.03. The van der Waals surface area contributed by atoms with Crippen LogP contribution in [0.4, 0.5) is 0 Å². The fourth-order valence-electron chi connectivity index (χ4n) is 0.989. The van der Waals surface area contributed by atoms with Gasteiger partial charge in [0.05, 0.1) is 14.5 Å².